The summed E-state index contributed by atoms with van der Waals surface area (Å²) in [6.45, 7) is 10.9. The van der Waals surface area contributed by atoms with E-state index in [0.717, 1.165) is 0 Å². The zero-order valence-corrected chi connectivity index (χ0v) is 16.6. The van der Waals surface area contributed by atoms with Crippen molar-refractivity contribution in [2.75, 3.05) is 0 Å². The quantitative estimate of drug-likeness (QED) is 0.676. The summed E-state index contributed by atoms with van der Waals surface area (Å²) < 4.78 is 21.9. The number of amides is 2. The number of carbonyl (C=O) groups is 2. The first-order valence-corrected chi connectivity index (χ1v) is 7.96. The van der Waals surface area contributed by atoms with Gasteiger partial charge in [0.15, 0.2) is 0 Å². The molecule has 1 rings (SSSR count). The number of hydrogen-bond donors (Lipinski definition) is 3. The first-order valence-electron chi connectivity index (χ1n) is 7.96. The van der Waals surface area contributed by atoms with E-state index in [1.54, 1.807) is 53.7 Å². The molecule has 152 valence electrons. The van der Waals surface area contributed by atoms with Gasteiger partial charge in [0.25, 0.3) is 0 Å². The molecular formula is C18H29FN4O4. The van der Waals surface area contributed by atoms with Gasteiger partial charge in [0.05, 0.1) is 5.56 Å². The predicted molar refractivity (Wildman–Crippen MR) is 99.8 cm³/mol. The van der Waals surface area contributed by atoms with Crippen LogP contribution >= 0.6 is 0 Å². The van der Waals surface area contributed by atoms with Crippen LogP contribution in [0.3, 0.4) is 0 Å². The van der Waals surface area contributed by atoms with Crippen molar-refractivity contribution in [3.05, 3.63) is 35.1 Å². The molecule has 0 saturated heterocycles. The van der Waals surface area contributed by atoms with Crippen LogP contribution in [0.2, 0.25) is 0 Å². The van der Waals surface area contributed by atoms with Crippen LogP contribution in [-0.2, 0) is 16.0 Å². The first kappa shape index (κ1) is 26.4. The Hall–Kier alpha value is -2.86. The monoisotopic (exact) mass is 384 g/mol. The molecule has 0 heterocycles. The van der Waals surface area contributed by atoms with Crippen molar-refractivity contribution in [3.8, 4) is 6.07 Å². The average molecular weight is 384 g/mol. The van der Waals surface area contributed by atoms with Gasteiger partial charge < -0.3 is 26.7 Å². The number of rotatable bonds is 1. The van der Waals surface area contributed by atoms with Gasteiger partial charge in [-0.3, -0.25) is 0 Å². The van der Waals surface area contributed by atoms with Crippen LogP contribution < -0.4 is 17.2 Å². The highest BCUT2D eigenvalue weighted by Gasteiger charge is 2.13. The molecule has 0 radical (unpaired) electrons. The molecule has 0 saturated carbocycles. The molecule has 1 aromatic carbocycles. The Kier molecular flexibility index (Phi) is 11.4. The first-order chi connectivity index (χ1) is 12.1. The molecule has 0 atom stereocenters. The Morgan fingerprint density at radius 2 is 1.44 bits per heavy atom. The molecule has 2 amide bonds. The summed E-state index contributed by atoms with van der Waals surface area (Å²) in [7, 11) is 0. The van der Waals surface area contributed by atoms with Crippen molar-refractivity contribution < 1.29 is 23.5 Å². The molecule has 0 fully saturated rings. The number of ether oxygens (including phenoxy) is 2. The number of nitrogens with two attached hydrogens (primary N) is 3. The molecule has 0 aliphatic carbocycles. The molecule has 0 bridgehead atoms. The summed E-state index contributed by atoms with van der Waals surface area (Å²) in [4.78, 5) is 20.0. The highest BCUT2D eigenvalue weighted by Crippen LogP contribution is 2.08. The standard InChI is InChI=1S/C8H7FN2.2C5H11NO2/c9-8-3-6(4-10)1-2-7(8)5-11;2*1-5(2,3)8-4(6)7/h1-3H,4,10H2;2*1-3H3,(H2,6,7). The maximum atomic E-state index is 12.8. The van der Waals surface area contributed by atoms with E-state index in [2.05, 4.69) is 9.47 Å². The molecular weight excluding hydrogens is 355 g/mol. The fraction of sp³-hybridized carbons (Fsp3) is 0.500. The van der Waals surface area contributed by atoms with Gasteiger partial charge >= 0.3 is 12.2 Å². The van der Waals surface area contributed by atoms with Crippen molar-refractivity contribution in [2.24, 2.45) is 17.2 Å². The molecule has 27 heavy (non-hydrogen) atoms. The molecule has 6 N–H and O–H groups in total. The van der Waals surface area contributed by atoms with Gasteiger partial charge in [-0.1, -0.05) is 6.07 Å². The molecule has 1 aromatic rings. The highest BCUT2D eigenvalue weighted by molar-refractivity contribution is 5.65. The maximum absolute atomic E-state index is 12.8. The molecule has 0 unspecified atom stereocenters. The van der Waals surface area contributed by atoms with Gasteiger partial charge in [0.1, 0.15) is 23.1 Å². The van der Waals surface area contributed by atoms with Crippen molar-refractivity contribution in [2.45, 2.75) is 59.3 Å². The zero-order valence-electron chi connectivity index (χ0n) is 16.6. The van der Waals surface area contributed by atoms with Crippen molar-refractivity contribution >= 4 is 12.2 Å². The minimum Gasteiger partial charge on any atom is -0.444 e. The van der Waals surface area contributed by atoms with E-state index < -0.39 is 29.2 Å². The molecule has 8 nitrogen and oxygen atoms in total. The van der Waals surface area contributed by atoms with E-state index in [1.165, 1.54) is 12.1 Å². The SMILES string of the molecule is CC(C)(C)OC(N)=O.CC(C)(C)OC(N)=O.N#Cc1ccc(CN)cc1F. The van der Waals surface area contributed by atoms with Crippen LogP contribution in [0.15, 0.2) is 18.2 Å². The second-order valence-electron chi connectivity index (χ2n) is 7.20. The van der Waals surface area contributed by atoms with Gasteiger partial charge in [-0.2, -0.15) is 5.26 Å². The lowest BCUT2D eigenvalue weighted by atomic mass is 10.1. The summed E-state index contributed by atoms with van der Waals surface area (Å²) in [5, 5.41) is 8.36. The lowest BCUT2D eigenvalue weighted by Gasteiger charge is -2.16. The third-order valence-electron chi connectivity index (χ3n) is 2.20. The molecule has 0 aromatic heterocycles. The normalized spacial score (nSPS) is 10.2. The topological polar surface area (TPSA) is 154 Å². The number of primary amides is 2. The Morgan fingerprint density at radius 3 is 1.63 bits per heavy atom. The van der Waals surface area contributed by atoms with Gasteiger partial charge in [-0.05, 0) is 59.2 Å². The average Bonchev–Trinajstić information content (AvgIpc) is 2.43. The van der Waals surface area contributed by atoms with E-state index in [9.17, 15) is 14.0 Å². The lowest BCUT2D eigenvalue weighted by molar-refractivity contribution is 0.0588. The Balaban J connectivity index is 0. The second-order valence-corrected chi connectivity index (χ2v) is 7.20. The van der Waals surface area contributed by atoms with Gasteiger partial charge in [0.2, 0.25) is 0 Å². The fourth-order valence-corrected chi connectivity index (χ4v) is 1.38. The van der Waals surface area contributed by atoms with Crippen LogP contribution in [0.1, 0.15) is 52.7 Å². The summed E-state index contributed by atoms with van der Waals surface area (Å²) in [5.41, 5.74) is 14.5. The number of nitriles is 1. The largest absolute Gasteiger partial charge is 0.444 e. The van der Waals surface area contributed by atoms with E-state index in [1.807, 2.05) is 0 Å². The lowest BCUT2D eigenvalue weighted by Crippen LogP contribution is -2.27. The van der Waals surface area contributed by atoms with Crippen molar-refractivity contribution in [1.29, 1.82) is 5.26 Å². The Morgan fingerprint density at radius 1 is 1.04 bits per heavy atom. The number of carbonyl (C=O) groups excluding carboxylic acids is 2. The van der Waals surface area contributed by atoms with Gasteiger partial charge in [-0.15, -0.1) is 0 Å². The Bertz CT molecular complexity index is 633. The smallest absolute Gasteiger partial charge is 0.405 e. The summed E-state index contributed by atoms with van der Waals surface area (Å²) in [6, 6.07) is 6.08. The second kappa shape index (κ2) is 11.7. The van der Waals surface area contributed by atoms with E-state index in [4.69, 9.17) is 22.5 Å². The fourth-order valence-electron chi connectivity index (χ4n) is 1.38. The number of hydrogen-bond acceptors (Lipinski definition) is 6. The molecule has 0 aliphatic rings. The zero-order chi connectivity index (χ0) is 21.8. The number of halogens is 1. The van der Waals surface area contributed by atoms with Gasteiger partial charge in [-0.25, -0.2) is 14.0 Å². The minimum atomic E-state index is -0.725. The summed E-state index contributed by atoms with van der Waals surface area (Å²) in [6.07, 6.45) is -1.45. The minimum absolute atomic E-state index is 0.0576. The van der Waals surface area contributed by atoms with Crippen LogP contribution in [0.5, 0.6) is 0 Å². The molecule has 0 aliphatic heterocycles. The van der Waals surface area contributed by atoms with E-state index >= 15 is 0 Å². The number of nitrogens with zero attached hydrogens (tertiary/aromatic N) is 1. The van der Waals surface area contributed by atoms with Crippen molar-refractivity contribution in [3.63, 3.8) is 0 Å². The number of benzene rings is 1. The van der Waals surface area contributed by atoms with Crippen LogP contribution in [0.4, 0.5) is 14.0 Å². The van der Waals surface area contributed by atoms with E-state index in [0.29, 0.717) is 12.1 Å². The van der Waals surface area contributed by atoms with Gasteiger partial charge in [0, 0.05) is 6.54 Å². The maximum Gasteiger partial charge on any atom is 0.405 e. The van der Waals surface area contributed by atoms with E-state index in [-0.39, 0.29) is 5.56 Å². The van der Waals surface area contributed by atoms with Crippen molar-refractivity contribution in [1.82, 2.24) is 0 Å². The third kappa shape index (κ3) is 17.7. The summed E-state index contributed by atoms with van der Waals surface area (Å²) >= 11 is 0. The Labute approximate surface area is 159 Å². The third-order valence-corrected chi connectivity index (χ3v) is 2.20. The van der Waals surface area contributed by atoms with Crippen LogP contribution in [-0.4, -0.2) is 23.4 Å². The predicted octanol–water partition coefficient (Wildman–Crippen LogP) is 2.92. The highest BCUT2D eigenvalue weighted by atomic mass is 19.1. The molecule has 0 spiro atoms. The molecule has 9 heteroatoms. The van der Waals surface area contributed by atoms with Crippen LogP contribution in [0.25, 0.3) is 0 Å². The summed E-state index contributed by atoms with van der Waals surface area (Å²) in [5.74, 6) is -0.504. The van der Waals surface area contributed by atoms with Crippen LogP contribution in [0, 0.1) is 17.1 Å².